The molecule has 33 heavy (non-hydrogen) atoms. The van der Waals surface area contributed by atoms with Gasteiger partial charge in [0.15, 0.2) is 0 Å². The lowest BCUT2D eigenvalue weighted by Crippen LogP contribution is -1.68. The fourth-order valence-corrected chi connectivity index (χ4v) is 8.27. The third-order valence-electron chi connectivity index (χ3n) is 5.23. The highest BCUT2D eigenvalue weighted by Crippen LogP contribution is 2.47. The summed E-state index contributed by atoms with van der Waals surface area (Å²) in [6.07, 6.45) is 8.86. The van der Waals surface area contributed by atoms with Gasteiger partial charge in [-0.05, 0) is 71.5 Å². The van der Waals surface area contributed by atoms with E-state index in [9.17, 15) is 0 Å². The zero-order valence-electron chi connectivity index (χ0n) is 17.4. The van der Waals surface area contributed by atoms with Crippen molar-refractivity contribution >= 4 is 91.8 Å². The lowest BCUT2D eigenvalue weighted by molar-refractivity contribution is 1.83. The van der Waals surface area contributed by atoms with Crippen molar-refractivity contribution in [1.29, 1.82) is 0 Å². The second-order valence-corrected chi connectivity index (χ2v) is 12.6. The molecule has 0 aliphatic heterocycles. The average Bonchev–Trinajstić information content (AvgIpc) is 3.67. The summed E-state index contributed by atoms with van der Waals surface area (Å²) in [5, 5.41) is 6.93. The number of fused-ring (bicyclic) bond motifs is 1. The van der Waals surface area contributed by atoms with Crippen molar-refractivity contribution in [2.75, 3.05) is 0 Å². The van der Waals surface area contributed by atoms with Gasteiger partial charge < -0.3 is 0 Å². The molecular formula is C28H18S5. The SMILES string of the molecule is C(=C\c1ccc(-c2sc(-c3ccc(/C=C/c4cccs4)s3)c3ccccc23)s1)/c1cccs1. The molecule has 5 heterocycles. The van der Waals surface area contributed by atoms with E-state index < -0.39 is 0 Å². The molecule has 6 aromatic rings. The Kier molecular flexibility index (Phi) is 5.97. The minimum atomic E-state index is 1.29. The zero-order chi connectivity index (χ0) is 22.0. The predicted octanol–water partition coefficient (Wildman–Crippen LogP) is 10.8. The first-order valence-corrected chi connectivity index (χ1v) is 14.7. The monoisotopic (exact) mass is 514 g/mol. The Morgan fingerprint density at radius 3 is 1.36 bits per heavy atom. The van der Waals surface area contributed by atoms with Crippen molar-refractivity contribution in [3.63, 3.8) is 0 Å². The van der Waals surface area contributed by atoms with Crippen LogP contribution in [0.5, 0.6) is 0 Å². The molecule has 0 fully saturated rings. The third-order valence-corrected chi connectivity index (χ3v) is 10.6. The zero-order valence-corrected chi connectivity index (χ0v) is 21.5. The first-order valence-electron chi connectivity index (χ1n) is 10.5. The topological polar surface area (TPSA) is 0 Å². The van der Waals surface area contributed by atoms with Crippen LogP contribution in [0.3, 0.4) is 0 Å². The molecule has 0 saturated carbocycles. The van der Waals surface area contributed by atoms with Crippen molar-refractivity contribution < 1.29 is 0 Å². The van der Waals surface area contributed by atoms with Gasteiger partial charge in [-0.3, -0.25) is 0 Å². The van der Waals surface area contributed by atoms with E-state index in [2.05, 4.69) is 108 Å². The summed E-state index contributed by atoms with van der Waals surface area (Å²) in [7, 11) is 0. The van der Waals surface area contributed by atoms with Gasteiger partial charge in [0.25, 0.3) is 0 Å². The van der Waals surface area contributed by atoms with E-state index in [1.54, 1.807) is 22.7 Å². The van der Waals surface area contributed by atoms with Crippen LogP contribution in [-0.2, 0) is 0 Å². The van der Waals surface area contributed by atoms with Gasteiger partial charge >= 0.3 is 0 Å². The number of rotatable bonds is 6. The molecule has 0 bridgehead atoms. The lowest BCUT2D eigenvalue weighted by Gasteiger charge is -1.94. The molecule has 0 radical (unpaired) electrons. The van der Waals surface area contributed by atoms with Crippen LogP contribution < -0.4 is 0 Å². The first-order chi connectivity index (χ1) is 16.3. The number of hydrogen-bond acceptors (Lipinski definition) is 5. The third kappa shape index (κ3) is 4.47. The number of hydrogen-bond donors (Lipinski definition) is 0. The van der Waals surface area contributed by atoms with Crippen molar-refractivity contribution in [3.8, 4) is 19.5 Å². The van der Waals surface area contributed by atoms with Gasteiger partial charge in [-0.25, -0.2) is 0 Å². The highest BCUT2D eigenvalue weighted by atomic mass is 32.1. The molecular weight excluding hydrogens is 497 g/mol. The van der Waals surface area contributed by atoms with Gasteiger partial charge in [-0.15, -0.1) is 56.7 Å². The molecule has 0 aliphatic carbocycles. The van der Waals surface area contributed by atoms with Crippen molar-refractivity contribution in [2.45, 2.75) is 0 Å². The minimum absolute atomic E-state index is 1.29. The largest absolute Gasteiger partial charge is 0.144 e. The minimum Gasteiger partial charge on any atom is -0.144 e. The van der Waals surface area contributed by atoms with Crippen LogP contribution in [0.15, 0.2) is 83.6 Å². The van der Waals surface area contributed by atoms with Crippen molar-refractivity contribution in [3.05, 3.63) is 103 Å². The molecule has 1 aromatic carbocycles. The molecule has 0 saturated heterocycles. The molecule has 0 amide bonds. The second kappa shape index (κ2) is 9.37. The van der Waals surface area contributed by atoms with Crippen LogP contribution in [0, 0.1) is 0 Å². The van der Waals surface area contributed by atoms with E-state index in [1.807, 2.05) is 34.0 Å². The van der Waals surface area contributed by atoms with Gasteiger partial charge in [-0.2, -0.15) is 0 Å². The van der Waals surface area contributed by atoms with E-state index in [0.29, 0.717) is 0 Å². The summed E-state index contributed by atoms with van der Waals surface area (Å²) in [6.45, 7) is 0. The van der Waals surface area contributed by atoms with Gasteiger partial charge in [0, 0.05) is 40.0 Å². The highest BCUT2D eigenvalue weighted by Gasteiger charge is 2.16. The molecule has 6 rings (SSSR count). The lowest BCUT2D eigenvalue weighted by atomic mass is 10.1. The van der Waals surface area contributed by atoms with Crippen LogP contribution in [0.1, 0.15) is 19.5 Å². The standard InChI is InChI=1S/C28H18S5/c1-2-8-24-23(7-1)27(25-15-13-21(31-25)11-9-19-5-3-17-29-19)33-28(24)26-16-14-22(32-26)12-10-20-6-4-18-30-20/h1-18H/b11-9+,12-10+. The maximum atomic E-state index is 2.27. The van der Waals surface area contributed by atoms with E-state index in [1.165, 1.54) is 49.8 Å². The summed E-state index contributed by atoms with van der Waals surface area (Å²) in [6, 6.07) is 26.3. The Morgan fingerprint density at radius 1 is 0.424 bits per heavy atom. The fourth-order valence-electron chi connectivity index (χ4n) is 3.69. The molecule has 0 aliphatic rings. The molecule has 0 unspecified atom stereocenters. The Bertz CT molecular complexity index is 1430. The molecule has 0 nitrogen and oxygen atoms in total. The maximum absolute atomic E-state index is 2.27. The fraction of sp³-hybridized carbons (Fsp3) is 0. The average molecular weight is 515 g/mol. The van der Waals surface area contributed by atoms with Crippen LogP contribution in [-0.4, -0.2) is 0 Å². The smallest absolute Gasteiger partial charge is 0.0528 e. The molecule has 160 valence electrons. The van der Waals surface area contributed by atoms with Crippen LogP contribution in [0.25, 0.3) is 54.6 Å². The summed E-state index contributed by atoms with van der Waals surface area (Å²) < 4.78 is 0. The predicted molar refractivity (Wildman–Crippen MR) is 155 cm³/mol. The summed E-state index contributed by atoms with van der Waals surface area (Å²) in [5.41, 5.74) is 0. The van der Waals surface area contributed by atoms with Gasteiger partial charge in [0.1, 0.15) is 0 Å². The van der Waals surface area contributed by atoms with Gasteiger partial charge in [0.05, 0.1) is 9.75 Å². The Labute approximate surface area is 213 Å². The van der Waals surface area contributed by atoms with E-state index in [0.717, 1.165) is 0 Å². The van der Waals surface area contributed by atoms with Crippen LogP contribution >= 0.6 is 56.7 Å². The van der Waals surface area contributed by atoms with E-state index in [4.69, 9.17) is 0 Å². The van der Waals surface area contributed by atoms with Gasteiger partial charge in [0.2, 0.25) is 0 Å². The van der Waals surface area contributed by atoms with E-state index >= 15 is 0 Å². The van der Waals surface area contributed by atoms with Crippen molar-refractivity contribution in [1.82, 2.24) is 0 Å². The summed E-state index contributed by atoms with van der Waals surface area (Å²) in [5.74, 6) is 0. The molecule has 5 heteroatoms. The number of benzene rings is 1. The van der Waals surface area contributed by atoms with E-state index in [-0.39, 0.29) is 0 Å². The summed E-state index contributed by atoms with van der Waals surface area (Å²) in [4.78, 5) is 10.6. The van der Waals surface area contributed by atoms with Crippen LogP contribution in [0.4, 0.5) is 0 Å². The first kappa shape index (κ1) is 21.0. The molecule has 0 atom stereocenters. The molecule has 5 aromatic heterocycles. The highest BCUT2D eigenvalue weighted by molar-refractivity contribution is 7.28. The normalized spacial score (nSPS) is 12.0. The Hall–Kier alpha value is -2.54. The Morgan fingerprint density at radius 2 is 0.909 bits per heavy atom. The summed E-state index contributed by atoms with van der Waals surface area (Å²) >= 11 is 9.18. The molecule has 0 spiro atoms. The Balaban J connectivity index is 1.34. The quantitative estimate of drug-likeness (QED) is 0.207. The second-order valence-electron chi connectivity index (χ2n) is 7.41. The van der Waals surface area contributed by atoms with Gasteiger partial charge in [-0.1, -0.05) is 36.4 Å². The maximum Gasteiger partial charge on any atom is 0.0528 e. The molecule has 0 N–H and O–H groups in total. The van der Waals surface area contributed by atoms with Crippen molar-refractivity contribution in [2.24, 2.45) is 0 Å². The number of thiophene rings is 5. The van der Waals surface area contributed by atoms with Crippen LogP contribution in [0.2, 0.25) is 0 Å².